The van der Waals surface area contributed by atoms with E-state index in [1.54, 1.807) is 6.20 Å². The summed E-state index contributed by atoms with van der Waals surface area (Å²) in [5.74, 6) is 1.53. The number of carbonyl (C=O) groups is 1. The van der Waals surface area contributed by atoms with Crippen molar-refractivity contribution in [1.82, 2.24) is 14.9 Å². The number of aryl methyl sites for hydroxylation is 1. The third kappa shape index (κ3) is 5.34. The first-order valence-corrected chi connectivity index (χ1v) is 10.6. The lowest BCUT2D eigenvalue weighted by atomic mass is 10.1. The van der Waals surface area contributed by atoms with Crippen LogP contribution in [0.25, 0.3) is 0 Å². The number of aromatic nitrogens is 2. The lowest BCUT2D eigenvalue weighted by Crippen LogP contribution is -2.36. The van der Waals surface area contributed by atoms with Gasteiger partial charge in [-0.2, -0.15) is 4.98 Å². The van der Waals surface area contributed by atoms with E-state index < -0.39 is 0 Å². The Balaban J connectivity index is 1.58. The number of amides is 1. The first-order valence-electron chi connectivity index (χ1n) is 9.76. The number of hydrogen-bond acceptors (Lipinski definition) is 6. The third-order valence-corrected chi connectivity index (χ3v) is 5.40. The quantitative estimate of drug-likeness (QED) is 0.419. The molecule has 0 spiro atoms. The monoisotopic (exact) mass is 446 g/mol. The average Bonchev–Trinajstić information content (AvgIpc) is 2.70. The van der Waals surface area contributed by atoms with Crippen molar-refractivity contribution in [2.75, 3.05) is 36.0 Å². The van der Waals surface area contributed by atoms with Crippen LogP contribution in [-0.4, -0.2) is 40.4 Å². The maximum Gasteiger partial charge on any atom is 0.229 e. The van der Waals surface area contributed by atoms with E-state index >= 15 is 0 Å². The second-order valence-electron chi connectivity index (χ2n) is 6.90. The molecule has 1 aliphatic heterocycles. The van der Waals surface area contributed by atoms with Crippen LogP contribution in [0.4, 0.5) is 23.1 Å². The van der Waals surface area contributed by atoms with Crippen molar-refractivity contribution < 1.29 is 4.79 Å². The van der Waals surface area contributed by atoms with Crippen LogP contribution in [0.1, 0.15) is 38.2 Å². The molecule has 1 fully saturated rings. The van der Waals surface area contributed by atoms with Gasteiger partial charge in [-0.25, -0.2) is 4.98 Å². The average molecular weight is 447 g/mol. The highest BCUT2D eigenvalue weighted by atomic mass is 79.9. The second-order valence-corrected chi connectivity index (χ2v) is 7.76. The van der Waals surface area contributed by atoms with E-state index in [9.17, 15) is 4.79 Å². The standard InChI is InChI=1S/C20H27BrN6O/c1-2-14-12-15(22)7-8-17(14)25-20-24-13-16(21)19(26-20)23-9-5-11-27-10-4-3-6-18(27)28/h7-8,12-13H,2-6,9-11,22H2,1H3,(H2,23,24,25,26). The smallest absolute Gasteiger partial charge is 0.229 e. The highest BCUT2D eigenvalue weighted by molar-refractivity contribution is 9.10. The van der Waals surface area contributed by atoms with Crippen molar-refractivity contribution in [3.05, 3.63) is 34.4 Å². The van der Waals surface area contributed by atoms with Crippen LogP contribution in [0.15, 0.2) is 28.9 Å². The lowest BCUT2D eigenvalue weighted by molar-refractivity contribution is -0.133. The number of hydrogen-bond donors (Lipinski definition) is 3. The summed E-state index contributed by atoms with van der Waals surface area (Å²) in [6.45, 7) is 4.49. The molecule has 2 aromatic rings. The Hall–Kier alpha value is -2.35. The Morgan fingerprint density at radius 2 is 2.18 bits per heavy atom. The summed E-state index contributed by atoms with van der Waals surface area (Å²) < 4.78 is 0.806. The molecule has 3 rings (SSSR count). The summed E-state index contributed by atoms with van der Waals surface area (Å²) in [7, 11) is 0. The molecule has 0 bridgehead atoms. The molecule has 0 saturated carbocycles. The molecule has 0 unspecified atom stereocenters. The Labute approximate surface area is 174 Å². The Kier molecular flexibility index (Phi) is 7.08. The normalized spacial score (nSPS) is 14.2. The first-order chi connectivity index (χ1) is 13.6. The van der Waals surface area contributed by atoms with Crippen molar-refractivity contribution in [2.45, 2.75) is 39.0 Å². The minimum atomic E-state index is 0.274. The largest absolute Gasteiger partial charge is 0.399 e. The number of likely N-dealkylation sites (tertiary alicyclic amines) is 1. The number of halogens is 1. The van der Waals surface area contributed by atoms with Gasteiger partial charge >= 0.3 is 0 Å². The van der Waals surface area contributed by atoms with E-state index in [1.807, 2.05) is 23.1 Å². The van der Waals surface area contributed by atoms with Gasteiger partial charge in [0, 0.05) is 43.6 Å². The van der Waals surface area contributed by atoms with Crippen LogP contribution in [0.3, 0.4) is 0 Å². The van der Waals surface area contributed by atoms with E-state index in [0.717, 1.165) is 72.5 Å². The Bertz CT molecular complexity index is 828. The molecular weight excluding hydrogens is 420 g/mol. The number of nitrogen functional groups attached to an aromatic ring is 1. The molecule has 1 amide bonds. The zero-order valence-corrected chi connectivity index (χ0v) is 17.8. The number of carbonyl (C=O) groups excluding carboxylic acids is 1. The Morgan fingerprint density at radius 3 is 2.96 bits per heavy atom. The van der Waals surface area contributed by atoms with Crippen molar-refractivity contribution in [3.8, 4) is 0 Å². The molecule has 0 atom stereocenters. The minimum absolute atomic E-state index is 0.274. The fourth-order valence-corrected chi connectivity index (χ4v) is 3.61. The van der Waals surface area contributed by atoms with Gasteiger partial charge in [0.1, 0.15) is 5.82 Å². The molecule has 0 aliphatic carbocycles. The van der Waals surface area contributed by atoms with Crippen LogP contribution in [0.5, 0.6) is 0 Å². The number of piperidine rings is 1. The lowest BCUT2D eigenvalue weighted by Gasteiger charge is -2.26. The maximum atomic E-state index is 11.9. The summed E-state index contributed by atoms with van der Waals surface area (Å²) in [6.07, 6.45) is 6.29. The van der Waals surface area contributed by atoms with Gasteiger partial charge in [-0.15, -0.1) is 0 Å². The van der Waals surface area contributed by atoms with Crippen LogP contribution >= 0.6 is 15.9 Å². The van der Waals surface area contributed by atoms with Crippen LogP contribution < -0.4 is 16.4 Å². The molecule has 28 heavy (non-hydrogen) atoms. The predicted molar refractivity (Wildman–Crippen MR) is 117 cm³/mol. The van der Waals surface area contributed by atoms with Gasteiger partial charge in [-0.1, -0.05) is 6.92 Å². The van der Waals surface area contributed by atoms with Crippen LogP contribution in [-0.2, 0) is 11.2 Å². The van der Waals surface area contributed by atoms with Gasteiger partial charge in [0.2, 0.25) is 11.9 Å². The SMILES string of the molecule is CCc1cc(N)ccc1Nc1ncc(Br)c(NCCCN2CCCCC2=O)n1. The molecule has 2 heterocycles. The summed E-state index contributed by atoms with van der Waals surface area (Å²) in [4.78, 5) is 22.7. The van der Waals surface area contributed by atoms with Gasteiger partial charge in [0.15, 0.2) is 0 Å². The van der Waals surface area contributed by atoms with Crippen molar-refractivity contribution in [1.29, 1.82) is 0 Å². The molecule has 1 aliphatic rings. The van der Waals surface area contributed by atoms with Crippen LogP contribution in [0.2, 0.25) is 0 Å². The summed E-state index contributed by atoms with van der Waals surface area (Å²) in [6, 6.07) is 5.77. The van der Waals surface area contributed by atoms with Crippen LogP contribution in [0, 0.1) is 0 Å². The van der Waals surface area contributed by atoms with Gasteiger partial charge in [0.25, 0.3) is 0 Å². The van der Waals surface area contributed by atoms with Crippen molar-refractivity contribution in [2.24, 2.45) is 0 Å². The minimum Gasteiger partial charge on any atom is -0.399 e. The summed E-state index contributed by atoms with van der Waals surface area (Å²) in [5.41, 5.74) is 8.69. The molecule has 8 heteroatoms. The summed E-state index contributed by atoms with van der Waals surface area (Å²) in [5, 5.41) is 6.61. The molecule has 1 saturated heterocycles. The molecule has 0 radical (unpaired) electrons. The molecule has 150 valence electrons. The third-order valence-electron chi connectivity index (χ3n) is 4.82. The van der Waals surface area contributed by atoms with Gasteiger partial charge in [-0.3, -0.25) is 4.79 Å². The summed E-state index contributed by atoms with van der Waals surface area (Å²) >= 11 is 3.50. The number of nitrogens with one attached hydrogen (secondary N) is 2. The maximum absolute atomic E-state index is 11.9. The Morgan fingerprint density at radius 1 is 1.32 bits per heavy atom. The highest BCUT2D eigenvalue weighted by Gasteiger charge is 2.17. The van der Waals surface area contributed by atoms with Crippen molar-refractivity contribution in [3.63, 3.8) is 0 Å². The van der Waals surface area contributed by atoms with Gasteiger partial charge in [-0.05, 0) is 65.4 Å². The van der Waals surface area contributed by atoms with E-state index in [0.29, 0.717) is 12.4 Å². The van der Waals surface area contributed by atoms with E-state index in [-0.39, 0.29) is 5.91 Å². The molecule has 1 aromatic carbocycles. The molecule has 1 aromatic heterocycles. The predicted octanol–water partition coefficient (Wildman–Crippen LogP) is 3.94. The van der Waals surface area contributed by atoms with Gasteiger partial charge in [0.05, 0.1) is 4.47 Å². The first kappa shape index (κ1) is 20.4. The topological polar surface area (TPSA) is 96.2 Å². The fourth-order valence-electron chi connectivity index (χ4n) is 3.27. The molecule has 7 nitrogen and oxygen atoms in total. The number of nitrogens with two attached hydrogens (primary N) is 1. The van der Waals surface area contributed by atoms with E-state index in [2.05, 4.69) is 43.5 Å². The number of benzene rings is 1. The fraction of sp³-hybridized carbons (Fsp3) is 0.450. The second kappa shape index (κ2) is 9.73. The number of nitrogens with zero attached hydrogens (tertiary/aromatic N) is 3. The number of anilines is 4. The zero-order valence-electron chi connectivity index (χ0n) is 16.2. The molecular formula is C20H27BrN6O. The van der Waals surface area contributed by atoms with Crippen molar-refractivity contribution >= 4 is 45.0 Å². The van der Waals surface area contributed by atoms with E-state index in [1.165, 1.54) is 0 Å². The zero-order chi connectivity index (χ0) is 19.9. The molecule has 4 N–H and O–H groups in total. The number of rotatable bonds is 8. The highest BCUT2D eigenvalue weighted by Crippen LogP contribution is 2.25. The van der Waals surface area contributed by atoms with Gasteiger partial charge < -0.3 is 21.3 Å². The van der Waals surface area contributed by atoms with E-state index in [4.69, 9.17) is 5.73 Å².